The highest BCUT2D eigenvalue weighted by molar-refractivity contribution is 5.41. The summed E-state index contributed by atoms with van der Waals surface area (Å²) >= 11 is 0. The summed E-state index contributed by atoms with van der Waals surface area (Å²) in [5.74, 6) is 1.62. The molecule has 0 saturated heterocycles. The van der Waals surface area contributed by atoms with Crippen LogP contribution in [0.2, 0.25) is 0 Å². The molecule has 112 valence electrons. The molecule has 21 heavy (non-hydrogen) atoms. The molecule has 3 heteroatoms. The summed E-state index contributed by atoms with van der Waals surface area (Å²) in [4.78, 5) is 4.89. The Balaban J connectivity index is 2.05. The van der Waals surface area contributed by atoms with E-state index in [-0.39, 0.29) is 0 Å². The molecule has 0 spiro atoms. The van der Waals surface area contributed by atoms with Crippen molar-refractivity contribution in [3.63, 3.8) is 0 Å². The Kier molecular flexibility index (Phi) is 4.11. The first-order chi connectivity index (χ1) is 10.2. The van der Waals surface area contributed by atoms with Gasteiger partial charge >= 0.3 is 0 Å². The van der Waals surface area contributed by atoms with Crippen LogP contribution in [0.3, 0.4) is 0 Å². The lowest BCUT2D eigenvalue weighted by Gasteiger charge is -2.17. The van der Waals surface area contributed by atoms with E-state index in [9.17, 15) is 0 Å². The summed E-state index contributed by atoms with van der Waals surface area (Å²) in [5, 5.41) is 3.42. The second kappa shape index (κ2) is 6.02. The quantitative estimate of drug-likeness (QED) is 0.929. The summed E-state index contributed by atoms with van der Waals surface area (Å²) in [7, 11) is 0. The summed E-state index contributed by atoms with van der Waals surface area (Å²) < 4.78 is 2.39. The van der Waals surface area contributed by atoms with Gasteiger partial charge in [0.25, 0.3) is 0 Å². The first-order valence-electron chi connectivity index (χ1n) is 8.11. The molecule has 0 radical (unpaired) electrons. The highest BCUT2D eigenvalue weighted by Gasteiger charge is 2.22. The number of rotatable bonds is 4. The topological polar surface area (TPSA) is 29.9 Å². The van der Waals surface area contributed by atoms with Gasteiger partial charge in [0.15, 0.2) is 0 Å². The lowest BCUT2D eigenvalue weighted by Crippen LogP contribution is -2.24. The minimum absolute atomic E-state index is 0.436. The average molecular weight is 283 g/mol. The fourth-order valence-electron chi connectivity index (χ4n) is 3.11. The lowest BCUT2D eigenvalue weighted by molar-refractivity contribution is 0.619. The third-order valence-electron chi connectivity index (χ3n) is 4.16. The molecule has 0 amide bonds. The predicted octanol–water partition coefficient (Wildman–Crippen LogP) is 3.59. The van der Waals surface area contributed by atoms with Gasteiger partial charge in [-0.1, -0.05) is 39.3 Å². The monoisotopic (exact) mass is 283 g/mol. The van der Waals surface area contributed by atoms with E-state index in [0.29, 0.717) is 5.92 Å². The van der Waals surface area contributed by atoms with Gasteiger partial charge in [0, 0.05) is 36.8 Å². The number of benzene rings is 1. The van der Waals surface area contributed by atoms with E-state index in [4.69, 9.17) is 4.98 Å². The van der Waals surface area contributed by atoms with Crippen LogP contribution in [0.15, 0.2) is 24.3 Å². The van der Waals surface area contributed by atoms with Crippen LogP contribution in [0, 0.1) is 0 Å². The number of fused-ring (bicyclic) bond motifs is 1. The molecule has 2 aromatic rings. The summed E-state index contributed by atoms with van der Waals surface area (Å²) in [6.07, 6.45) is 3.41. The van der Waals surface area contributed by atoms with Crippen LogP contribution < -0.4 is 5.32 Å². The van der Waals surface area contributed by atoms with Crippen LogP contribution >= 0.6 is 0 Å². The predicted molar refractivity (Wildman–Crippen MR) is 87.1 cm³/mol. The van der Waals surface area contributed by atoms with E-state index in [2.05, 4.69) is 54.9 Å². The molecule has 0 atom stereocenters. The molecule has 1 N–H and O–H groups in total. The Labute approximate surface area is 127 Å². The molecule has 0 fully saturated rings. The zero-order valence-corrected chi connectivity index (χ0v) is 13.3. The number of aromatic nitrogens is 2. The summed E-state index contributed by atoms with van der Waals surface area (Å²) in [6, 6.07) is 9.02. The first-order valence-corrected chi connectivity index (χ1v) is 8.11. The van der Waals surface area contributed by atoms with Gasteiger partial charge in [-0.25, -0.2) is 4.98 Å². The van der Waals surface area contributed by atoms with Gasteiger partial charge < -0.3 is 9.88 Å². The molecule has 1 aromatic heterocycles. The SMILES string of the molecule is CCCc1ccc(-n2c(C(C)C)nc3c2CCNC3)cc1. The molecular formula is C18H25N3. The van der Waals surface area contributed by atoms with Crippen molar-refractivity contribution >= 4 is 0 Å². The van der Waals surface area contributed by atoms with E-state index in [1.54, 1.807) is 0 Å². The van der Waals surface area contributed by atoms with Crippen molar-refractivity contribution in [3.05, 3.63) is 47.0 Å². The number of aryl methyl sites for hydroxylation is 1. The van der Waals surface area contributed by atoms with Crippen LogP contribution in [-0.4, -0.2) is 16.1 Å². The Bertz CT molecular complexity index is 608. The van der Waals surface area contributed by atoms with Gasteiger partial charge in [-0.3, -0.25) is 0 Å². The zero-order chi connectivity index (χ0) is 14.8. The number of nitrogens with one attached hydrogen (secondary N) is 1. The molecule has 3 nitrogen and oxygen atoms in total. The van der Waals surface area contributed by atoms with Crippen LogP contribution in [0.1, 0.15) is 55.9 Å². The van der Waals surface area contributed by atoms with E-state index in [1.165, 1.54) is 34.9 Å². The second-order valence-corrected chi connectivity index (χ2v) is 6.20. The minimum Gasteiger partial charge on any atom is -0.311 e. The van der Waals surface area contributed by atoms with Crippen LogP contribution in [0.25, 0.3) is 5.69 Å². The zero-order valence-electron chi connectivity index (χ0n) is 13.3. The fraction of sp³-hybridized carbons (Fsp3) is 0.500. The molecule has 0 unspecified atom stereocenters. The highest BCUT2D eigenvalue weighted by Crippen LogP contribution is 2.26. The third-order valence-corrected chi connectivity index (χ3v) is 4.16. The molecular weight excluding hydrogens is 258 g/mol. The van der Waals surface area contributed by atoms with Crippen molar-refractivity contribution in [1.29, 1.82) is 0 Å². The molecule has 0 saturated carbocycles. The third kappa shape index (κ3) is 2.75. The largest absolute Gasteiger partial charge is 0.311 e. The van der Waals surface area contributed by atoms with E-state index >= 15 is 0 Å². The Morgan fingerprint density at radius 3 is 2.67 bits per heavy atom. The smallest absolute Gasteiger partial charge is 0.116 e. The van der Waals surface area contributed by atoms with Crippen molar-refractivity contribution in [2.24, 2.45) is 0 Å². The first kappa shape index (κ1) is 14.3. The maximum atomic E-state index is 4.89. The fourth-order valence-corrected chi connectivity index (χ4v) is 3.11. The van der Waals surface area contributed by atoms with Gasteiger partial charge in [-0.05, 0) is 24.1 Å². The van der Waals surface area contributed by atoms with Crippen LogP contribution in [0.5, 0.6) is 0 Å². The van der Waals surface area contributed by atoms with E-state index < -0.39 is 0 Å². The van der Waals surface area contributed by atoms with Crippen molar-refractivity contribution in [2.45, 2.75) is 52.5 Å². The normalized spacial score (nSPS) is 14.5. The van der Waals surface area contributed by atoms with Gasteiger partial charge in [-0.2, -0.15) is 0 Å². The Morgan fingerprint density at radius 2 is 2.00 bits per heavy atom. The molecule has 0 aliphatic carbocycles. The average Bonchev–Trinajstić information content (AvgIpc) is 2.88. The number of hydrogen-bond donors (Lipinski definition) is 1. The number of hydrogen-bond acceptors (Lipinski definition) is 2. The molecule has 3 rings (SSSR count). The molecule has 1 aromatic carbocycles. The van der Waals surface area contributed by atoms with Crippen molar-refractivity contribution in [3.8, 4) is 5.69 Å². The number of nitrogens with zero attached hydrogens (tertiary/aromatic N) is 2. The second-order valence-electron chi connectivity index (χ2n) is 6.20. The van der Waals surface area contributed by atoms with Crippen molar-refractivity contribution < 1.29 is 0 Å². The molecule has 1 aliphatic heterocycles. The summed E-state index contributed by atoms with van der Waals surface area (Å²) in [6.45, 7) is 8.62. The van der Waals surface area contributed by atoms with Gasteiger partial charge in [0.05, 0.1) is 5.69 Å². The maximum absolute atomic E-state index is 4.89. The van der Waals surface area contributed by atoms with E-state index in [0.717, 1.165) is 25.9 Å². The van der Waals surface area contributed by atoms with Crippen molar-refractivity contribution in [1.82, 2.24) is 14.9 Å². The van der Waals surface area contributed by atoms with Crippen LogP contribution in [-0.2, 0) is 19.4 Å². The Morgan fingerprint density at radius 1 is 1.24 bits per heavy atom. The van der Waals surface area contributed by atoms with Gasteiger partial charge in [0.1, 0.15) is 5.82 Å². The van der Waals surface area contributed by atoms with E-state index in [1.807, 2.05) is 0 Å². The van der Waals surface area contributed by atoms with Crippen molar-refractivity contribution in [2.75, 3.05) is 6.54 Å². The highest BCUT2D eigenvalue weighted by atomic mass is 15.1. The summed E-state index contributed by atoms with van der Waals surface area (Å²) in [5.41, 5.74) is 5.29. The van der Waals surface area contributed by atoms with Crippen LogP contribution in [0.4, 0.5) is 0 Å². The maximum Gasteiger partial charge on any atom is 0.116 e. The molecule has 0 bridgehead atoms. The number of imidazole rings is 1. The van der Waals surface area contributed by atoms with Gasteiger partial charge in [-0.15, -0.1) is 0 Å². The van der Waals surface area contributed by atoms with Gasteiger partial charge in [0.2, 0.25) is 0 Å². The molecule has 1 aliphatic rings. The Hall–Kier alpha value is -1.61. The lowest BCUT2D eigenvalue weighted by atomic mass is 10.1. The minimum atomic E-state index is 0.436. The molecule has 2 heterocycles. The standard InChI is InChI=1S/C18H25N3/c1-4-5-14-6-8-15(9-7-14)21-17-10-11-19-12-16(17)20-18(21)13(2)3/h6-9,13,19H,4-5,10-12H2,1-3H3.